The van der Waals surface area contributed by atoms with E-state index in [0.717, 1.165) is 30.8 Å². The number of carbonyl (C=O) groups is 1. The SMILES string of the molecule is C=[S-](=O)c1ccc(CC(=O)Nc2nc3c(s2)CN(c2ccc(C(C)(C)C)cc2)CC3)cc1. The van der Waals surface area contributed by atoms with Crippen molar-refractivity contribution in [1.29, 1.82) is 0 Å². The Balaban J connectivity index is 1.39. The molecule has 1 aromatic heterocycles. The Morgan fingerprint density at radius 2 is 1.84 bits per heavy atom. The molecule has 0 saturated carbocycles. The van der Waals surface area contributed by atoms with Crippen molar-refractivity contribution in [3.8, 4) is 0 Å². The third-order valence-corrected chi connectivity index (χ3v) is 7.42. The van der Waals surface area contributed by atoms with Crippen LogP contribution in [0.1, 0.15) is 42.5 Å². The minimum atomic E-state index is -1.26. The number of nitrogens with zero attached hydrogens (tertiary/aromatic N) is 2. The van der Waals surface area contributed by atoms with Crippen LogP contribution >= 0.6 is 11.3 Å². The third kappa shape index (κ3) is 5.22. The first-order valence-corrected chi connectivity index (χ1v) is 12.8. The lowest BCUT2D eigenvalue weighted by Crippen LogP contribution is -2.29. The third-order valence-electron chi connectivity index (χ3n) is 5.63. The summed E-state index contributed by atoms with van der Waals surface area (Å²) < 4.78 is 11.4. The second-order valence-electron chi connectivity index (χ2n) is 9.07. The first-order chi connectivity index (χ1) is 15.2. The number of thiazole rings is 1. The molecule has 5 nitrogen and oxygen atoms in total. The molecular weight excluding hydrogens is 438 g/mol. The molecule has 2 heterocycles. The van der Waals surface area contributed by atoms with Gasteiger partial charge in [0.1, 0.15) is 0 Å². The number of nitrogens with one attached hydrogen (secondary N) is 1. The van der Waals surface area contributed by atoms with E-state index in [-0.39, 0.29) is 17.7 Å². The Bertz CT molecular complexity index is 1180. The summed E-state index contributed by atoms with van der Waals surface area (Å²) in [4.78, 5) is 21.4. The lowest BCUT2D eigenvalue weighted by Gasteiger charge is -2.29. The highest BCUT2D eigenvalue weighted by atomic mass is 32.2. The molecule has 1 amide bonds. The summed E-state index contributed by atoms with van der Waals surface area (Å²) >= 11 is 1.55. The lowest BCUT2D eigenvalue weighted by atomic mass is 9.87. The Kier molecular flexibility index (Phi) is 6.40. The van der Waals surface area contributed by atoms with Gasteiger partial charge in [-0.1, -0.05) is 68.5 Å². The van der Waals surface area contributed by atoms with Gasteiger partial charge in [0.15, 0.2) is 5.13 Å². The highest BCUT2D eigenvalue weighted by molar-refractivity contribution is 7.82. The van der Waals surface area contributed by atoms with E-state index in [2.05, 4.69) is 66.1 Å². The topological polar surface area (TPSA) is 62.3 Å². The van der Waals surface area contributed by atoms with Crippen LogP contribution in [0.3, 0.4) is 0 Å². The highest BCUT2D eigenvalue weighted by Crippen LogP contribution is 2.32. The van der Waals surface area contributed by atoms with Crippen molar-refractivity contribution in [1.82, 2.24) is 4.98 Å². The monoisotopic (exact) mass is 466 g/mol. The summed E-state index contributed by atoms with van der Waals surface area (Å²) in [5.74, 6) is 3.40. The van der Waals surface area contributed by atoms with Crippen molar-refractivity contribution in [2.45, 2.75) is 50.5 Å². The lowest BCUT2D eigenvalue weighted by molar-refractivity contribution is -0.115. The quantitative estimate of drug-likeness (QED) is 0.427. The van der Waals surface area contributed by atoms with Crippen molar-refractivity contribution >= 4 is 44.3 Å². The molecule has 1 N–H and O–H groups in total. The fourth-order valence-corrected chi connectivity index (χ4v) is 5.23. The van der Waals surface area contributed by atoms with Gasteiger partial charge in [-0.3, -0.25) is 15.2 Å². The van der Waals surface area contributed by atoms with Gasteiger partial charge in [-0.2, -0.15) is 5.87 Å². The van der Waals surface area contributed by atoms with Gasteiger partial charge in [-0.25, -0.2) is 4.98 Å². The highest BCUT2D eigenvalue weighted by Gasteiger charge is 2.22. The first-order valence-electron chi connectivity index (χ1n) is 10.6. The first kappa shape index (κ1) is 22.6. The molecule has 7 heteroatoms. The second kappa shape index (κ2) is 9.08. The minimum Gasteiger partial charge on any atom is -0.457 e. The second-order valence-corrected chi connectivity index (χ2v) is 11.3. The average molecular weight is 467 g/mol. The number of anilines is 2. The average Bonchev–Trinajstić information content (AvgIpc) is 3.14. The fourth-order valence-electron chi connectivity index (χ4n) is 3.75. The smallest absolute Gasteiger partial charge is 0.230 e. The van der Waals surface area contributed by atoms with E-state index in [1.54, 1.807) is 23.5 Å². The van der Waals surface area contributed by atoms with E-state index in [1.165, 1.54) is 16.1 Å². The molecule has 0 bridgehead atoms. The molecule has 2 aromatic carbocycles. The van der Waals surface area contributed by atoms with Gasteiger partial charge in [0.05, 0.1) is 18.7 Å². The molecule has 0 radical (unpaired) electrons. The van der Waals surface area contributed by atoms with Gasteiger partial charge >= 0.3 is 0 Å². The fraction of sp³-hybridized carbons (Fsp3) is 0.320. The summed E-state index contributed by atoms with van der Waals surface area (Å²) in [5.41, 5.74) is 4.63. The Morgan fingerprint density at radius 3 is 2.47 bits per heavy atom. The van der Waals surface area contributed by atoms with Gasteiger partial charge in [-0.15, -0.1) is 4.90 Å². The van der Waals surface area contributed by atoms with Crippen LogP contribution in [0.15, 0.2) is 53.4 Å². The molecule has 32 heavy (non-hydrogen) atoms. The van der Waals surface area contributed by atoms with Crippen molar-refractivity contribution in [3.63, 3.8) is 0 Å². The number of hydrogen-bond acceptors (Lipinski definition) is 6. The predicted octanol–water partition coefficient (Wildman–Crippen LogP) is 4.94. The number of benzene rings is 2. The number of aromatic nitrogens is 1. The zero-order valence-electron chi connectivity index (χ0n) is 18.7. The van der Waals surface area contributed by atoms with Gasteiger partial charge in [0.2, 0.25) is 5.91 Å². The van der Waals surface area contributed by atoms with Gasteiger partial charge < -0.3 is 14.4 Å². The maximum atomic E-state index is 12.5. The molecule has 1 aliphatic heterocycles. The van der Waals surface area contributed by atoms with E-state index in [4.69, 9.17) is 0 Å². The summed E-state index contributed by atoms with van der Waals surface area (Å²) in [7, 11) is -1.26. The van der Waals surface area contributed by atoms with Crippen molar-refractivity contribution < 1.29 is 9.00 Å². The van der Waals surface area contributed by atoms with E-state index in [9.17, 15) is 9.00 Å². The van der Waals surface area contributed by atoms with Crippen LogP contribution in [0.5, 0.6) is 0 Å². The van der Waals surface area contributed by atoms with Gasteiger partial charge in [0, 0.05) is 23.5 Å². The predicted molar refractivity (Wildman–Crippen MR) is 134 cm³/mol. The van der Waals surface area contributed by atoms with Crippen LogP contribution in [0.2, 0.25) is 0 Å². The number of amides is 1. The standard InChI is InChI=1S/C25H28N3O2S2/c1-25(2,3)18-7-9-19(10-8-18)28-14-13-21-22(16-28)31-24(26-21)27-23(29)15-17-5-11-20(12-6-17)32(4)30/h5-12H,4,13-16H2,1-3H3,(H,26,27,29)/q-1. The van der Waals surface area contributed by atoms with Gasteiger partial charge in [-0.05, 0) is 28.7 Å². The molecule has 0 unspecified atom stereocenters. The Hall–Kier alpha value is -2.64. The maximum absolute atomic E-state index is 12.5. The number of rotatable bonds is 5. The summed E-state index contributed by atoms with van der Waals surface area (Å²) in [6, 6.07) is 15.9. The molecule has 0 aliphatic carbocycles. The van der Waals surface area contributed by atoms with E-state index >= 15 is 0 Å². The Morgan fingerprint density at radius 1 is 1.16 bits per heavy atom. The van der Waals surface area contributed by atoms with Crippen LogP contribution in [0.4, 0.5) is 10.8 Å². The largest absolute Gasteiger partial charge is 0.457 e. The molecule has 0 saturated heterocycles. The number of fused-ring (bicyclic) bond motifs is 1. The molecule has 1 aliphatic rings. The number of hydrogen-bond donors (Lipinski definition) is 1. The summed E-state index contributed by atoms with van der Waals surface area (Å²) in [6.07, 6.45) is 1.12. The normalized spacial score (nSPS) is 13.8. The van der Waals surface area contributed by atoms with Crippen molar-refractivity contribution in [2.75, 3.05) is 16.8 Å². The van der Waals surface area contributed by atoms with Crippen LogP contribution in [0.25, 0.3) is 0 Å². The zero-order valence-corrected chi connectivity index (χ0v) is 20.3. The molecule has 3 aromatic rings. The minimum absolute atomic E-state index is 0.103. The van der Waals surface area contributed by atoms with Crippen LogP contribution < -0.4 is 10.2 Å². The zero-order chi connectivity index (χ0) is 22.9. The summed E-state index contributed by atoms with van der Waals surface area (Å²) in [5, 5.41) is 3.59. The van der Waals surface area contributed by atoms with E-state index < -0.39 is 10.4 Å². The van der Waals surface area contributed by atoms with E-state index in [0.29, 0.717) is 10.0 Å². The van der Waals surface area contributed by atoms with Crippen molar-refractivity contribution in [2.24, 2.45) is 0 Å². The van der Waals surface area contributed by atoms with Crippen LogP contribution in [-0.4, -0.2) is 23.3 Å². The van der Waals surface area contributed by atoms with E-state index in [1.807, 2.05) is 12.1 Å². The molecular formula is C25H28N3O2S2-. The molecule has 0 atom stereocenters. The van der Waals surface area contributed by atoms with Gasteiger partial charge in [0.25, 0.3) is 0 Å². The number of carbonyl (C=O) groups excluding carboxylic acids is 1. The molecule has 168 valence electrons. The van der Waals surface area contributed by atoms with Crippen LogP contribution in [0, 0.1) is 0 Å². The maximum Gasteiger partial charge on any atom is 0.230 e. The van der Waals surface area contributed by atoms with Crippen LogP contribution in [-0.2, 0) is 44.2 Å². The summed E-state index contributed by atoms with van der Waals surface area (Å²) in [6.45, 7) is 8.40. The molecule has 0 fully saturated rings. The van der Waals surface area contributed by atoms with Crippen molar-refractivity contribution in [3.05, 3.63) is 70.2 Å². The molecule has 0 spiro atoms. The Labute approximate surface area is 195 Å². The molecule has 4 rings (SSSR count).